The minimum absolute atomic E-state index is 0.0750. The molecule has 4 saturated carbocycles. The number of nitrogens with zero attached hydrogens (tertiary/aromatic N) is 4. The number of aromatic nitrogens is 2. The highest BCUT2D eigenvalue weighted by Crippen LogP contribution is 2.78. The lowest BCUT2D eigenvalue weighted by molar-refractivity contribution is -0.130. The molecule has 30 heavy (non-hydrogen) atoms. The van der Waals surface area contributed by atoms with Crippen molar-refractivity contribution in [1.82, 2.24) is 20.2 Å². The first-order valence-corrected chi connectivity index (χ1v) is 12.0. The van der Waals surface area contributed by atoms with Crippen LogP contribution in [0.15, 0.2) is 16.9 Å². The summed E-state index contributed by atoms with van der Waals surface area (Å²) in [5.41, 5.74) is 0.498. The summed E-state index contributed by atoms with van der Waals surface area (Å²) >= 11 is 3.42. The van der Waals surface area contributed by atoms with E-state index in [9.17, 15) is 10.1 Å². The molecule has 6 atom stereocenters. The van der Waals surface area contributed by atoms with Gasteiger partial charge in [0.25, 0.3) is 0 Å². The van der Waals surface area contributed by atoms with Crippen LogP contribution >= 0.6 is 15.9 Å². The van der Waals surface area contributed by atoms with Crippen molar-refractivity contribution in [3.05, 3.63) is 16.9 Å². The predicted octanol–water partition coefficient (Wildman–Crippen LogP) is 2.85. The minimum atomic E-state index is -0.236. The van der Waals surface area contributed by atoms with Crippen LogP contribution in [-0.4, -0.2) is 51.0 Å². The predicted molar refractivity (Wildman–Crippen MR) is 114 cm³/mol. The summed E-state index contributed by atoms with van der Waals surface area (Å²) in [6, 6.07) is 2.05. The highest BCUT2D eigenvalue weighted by Gasteiger charge is 2.77. The van der Waals surface area contributed by atoms with Gasteiger partial charge < -0.3 is 15.5 Å². The molecule has 8 heteroatoms. The normalized spacial score (nSPS) is 42.7. The van der Waals surface area contributed by atoms with Crippen molar-refractivity contribution in [3.63, 3.8) is 0 Å². The van der Waals surface area contributed by atoms with Crippen LogP contribution in [-0.2, 0) is 4.79 Å². The van der Waals surface area contributed by atoms with Crippen molar-refractivity contribution in [1.29, 1.82) is 5.26 Å². The quantitative estimate of drug-likeness (QED) is 0.686. The molecule has 7 nitrogen and oxygen atoms in total. The Balaban J connectivity index is 1.18. The van der Waals surface area contributed by atoms with Crippen LogP contribution in [0.2, 0.25) is 0 Å². The summed E-state index contributed by atoms with van der Waals surface area (Å²) in [5.74, 6) is 2.23. The fourth-order valence-electron chi connectivity index (χ4n) is 8.05. The van der Waals surface area contributed by atoms with E-state index < -0.39 is 0 Å². The van der Waals surface area contributed by atoms with E-state index in [-0.39, 0.29) is 23.0 Å². The van der Waals surface area contributed by atoms with E-state index in [0.29, 0.717) is 23.8 Å². The number of rotatable bonds is 5. The molecule has 1 aliphatic heterocycles. The molecule has 2 N–H and O–H groups in total. The second-order valence-corrected chi connectivity index (χ2v) is 11.3. The first-order chi connectivity index (χ1) is 14.5. The zero-order chi connectivity index (χ0) is 20.6. The lowest BCUT2D eigenvalue weighted by Gasteiger charge is -2.59. The van der Waals surface area contributed by atoms with Gasteiger partial charge in [-0.15, -0.1) is 0 Å². The lowest BCUT2D eigenvalue weighted by atomic mass is 9.51. The standard InChI is InChI=1S/C22H27BrN6O/c23-16-10-25-19(26-11-16)28-22-6-14-4-20(7-15(8-22)21(22,5-14)13-20)27-12-18(30)29-3-1-2-17(29)9-24/h10-11,14-15,17,27H,1-8,12-13H2,(H,25,26,28). The Morgan fingerprint density at radius 2 is 2.10 bits per heavy atom. The Morgan fingerprint density at radius 3 is 2.90 bits per heavy atom. The van der Waals surface area contributed by atoms with Gasteiger partial charge in [-0.25, -0.2) is 9.97 Å². The number of hydrogen-bond donors (Lipinski definition) is 2. The number of halogens is 1. The van der Waals surface area contributed by atoms with E-state index in [1.165, 1.54) is 25.7 Å². The van der Waals surface area contributed by atoms with E-state index in [4.69, 9.17) is 0 Å². The third-order valence-corrected chi connectivity index (χ3v) is 9.31. The van der Waals surface area contributed by atoms with Crippen LogP contribution in [0.1, 0.15) is 51.4 Å². The maximum absolute atomic E-state index is 12.8. The van der Waals surface area contributed by atoms with Crippen molar-refractivity contribution in [2.75, 3.05) is 18.4 Å². The lowest BCUT2D eigenvalue weighted by Crippen LogP contribution is -2.62. The molecule has 1 aromatic heterocycles. The molecular weight excluding hydrogens is 444 g/mol. The number of anilines is 1. The van der Waals surface area contributed by atoms with Crippen molar-refractivity contribution < 1.29 is 4.79 Å². The monoisotopic (exact) mass is 470 g/mol. The van der Waals surface area contributed by atoms with Crippen molar-refractivity contribution >= 4 is 27.8 Å². The third-order valence-electron chi connectivity index (χ3n) is 8.90. The number of likely N-dealkylation sites (tertiary alicyclic amines) is 1. The summed E-state index contributed by atoms with van der Waals surface area (Å²) in [6.07, 6.45) is 12.5. The van der Waals surface area contributed by atoms with Crippen LogP contribution in [0.3, 0.4) is 0 Å². The zero-order valence-electron chi connectivity index (χ0n) is 17.0. The van der Waals surface area contributed by atoms with Crippen LogP contribution in [0.5, 0.6) is 0 Å². The Labute approximate surface area is 185 Å². The molecule has 1 saturated heterocycles. The molecule has 2 heterocycles. The van der Waals surface area contributed by atoms with Gasteiger partial charge in [-0.05, 0) is 84.5 Å². The molecule has 0 aromatic carbocycles. The minimum Gasteiger partial charge on any atom is -0.348 e. The average Bonchev–Trinajstić information content (AvgIpc) is 3.32. The summed E-state index contributed by atoms with van der Waals surface area (Å²) in [5, 5.41) is 16.8. The molecule has 5 aliphatic rings. The topological polar surface area (TPSA) is 93.9 Å². The Hall–Kier alpha value is -1.72. The van der Waals surface area contributed by atoms with E-state index >= 15 is 0 Å². The molecule has 158 valence electrons. The molecule has 1 aromatic rings. The summed E-state index contributed by atoms with van der Waals surface area (Å²) < 4.78 is 0.894. The van der Waals surface area contributed by atoms with Gasteiger partial charge in [-0.2, -0.15) is 5.26 Å². The Bertz CT molecular complexity index is 929. The second kappa shape index (κ2) is 6.39. The molecule has 3 bridgehead atoms. The van der Waals surface area contributed by atoms with E-state index in [1.54, 1.807) is 17.3 Å². The molecule has 1 amide bonds. The second-order valence-electron chi connectivity index (χ2n) is 10.4. The maximum atomic E-state index is 12.8. The van der Waals surface area contributed by atoms with Gasteiger partial charge in [0.15, 0.2) is 0 Å². The Morgan fingerprint density at radius 1 is 1.27 bits per heavy atom. The van der Waals surface area contributed by atoms with Crippen LogP contribution in [0, 0.1) is 28.6 Å². The largest absolute Gasteiger partial charge is 0.348 e. The van der Waals surface area contributed by atoms with E-state index in [2.05, 4.69) is 42.6 Å². The number of carbonyl (C=O) groups excluding carboxylic acids is 1. The SMILES string of the molecule is N#CC1CCCN1C(=O)CNC12CC3CC4(Nc5ncc(Br)cn5)CC(C1)C4(C3)C2. The van der Waals surface area contributed by atoms with Crippen LogP contribution in [0.4, 0.5) is 5.95 Å². The van der Waals surface area contributed by atoms with Gasteiger partial charge in [-0.1, -0.05) is 0 Å². The van der Waals surface area contributed by atoms with E-state index in [1.807, 2.05) is 0 Å². The number of nitriles is 1. The molecule has 1 spiro atoms. The maximum Gasteiger partial charge on any atom is 0.237 e. The molecular formula is C22H27BrN6O. The molecule has 4 aliphatic carbocycles. The van der Waals surface area contributed by atoms with Gasteiger partial charge in [0, 0.05) is 30.0 Å². The van der Waals surface area contributed by atoms with Crippen molar-refractivity contribution in [2.24, 2.45) is 17.3 Å². The van der Waals surface area contributed by atoms with Gasteiger partial charge in [0.1, 0.15) is 6.04 Å². The van der Waals surface area contributed by atoms with Gasteiger partial charge in [0.2, 0.25) is 11.9 Å². The highest BCUT2D eigenvalue weighted by atomic mass is 79.9. The van der Waals surface area contributed by atoms with Crippen molar-refractivity contribution in [3.8, 4) is 6.07 Å². The molecule has 5 fully saturated rings. The fraction of sp³-hybridized carbons (Fsp3) is 0.727. The third kappa shape index (κ3) is 2.54. The number of fused-ring (bicyclic) bond motifs is 2. The molecule has 0 radical (unpaired) electrons. The first kappa shape index (κ1) is 19.0. The van der Waals surface area contributed by atoms with E-state index in [0.717, 1.165) is 42.6 Å². The zero-order valence-corrected chi connectivity index (χ0v) is 18.6. The summed E-state index contributed by atoms with van der Waals surface area (Å²) in [6.45, 7) is 1.09. The number of amides is 1. The van der Waals surface area contributed by atoms with Gasteiger partial charge in [-0.3, -0.25) is 4.79 Å². The molecule has 6 rings (SSSR count). The van der Waals surface area contributed by atoms with Crippen molar-refractivity contribution in [2.45, 2.75) is 68.5 Å². The summed E-state index contributed by atoms with van der Waals surface area (Å²) in [4.78, 5) is 23.5. The smallest absolute Gasteiger partial charge is 0.237 e. The fourth-order valence-corrected chi connectivity index (χ4v) is 8.25. The first-order valence-electron chi connectivity index (χ1n) is 11.2. The number of carbonyl (C=O) groups is 1. The number of hydrogen-bond acceptors (Lipinski definition) is 6. The summed E-state index contributed by atoms with van der Waals surface area (Å²) in [7, 11) is 0. The van der Waals surface area contributed by atoms with Gasteiger partial charge in [0.05, 0.1) is 17.1 Å². The number of nitrogens with one attached hydrogen (secondary N) is 2. The van der Waals surface area contributed by atoms with Gasteiger partial charge >= 0.3 is 0 Å². The van der Waals surface area contributed by atoms with Crippen LogP contribution < -0.4 is 10.6 Å². The Kier molecular flexibility index (Phi) is 4.05. The average molecular weight is 471 g/mol. The van der Waals surface area contributed by atoms with Crippen LogP contribution in [0.25, 0.3) is 0 Å². The highest BCUT2D eigenvalue weighted by molar-refractivity contribution is 9.10. The molecule has 6 unspecified atom stereocenters.